The van der Waals surface area contributed by atoms with Crippen molar-refractivity contribution in [3.8, 4) is 5.75 Å². The molecule has 0 fully saturated rings. The largest absolute Gasteiger partial charge is 0.423 e. The lowest BCUT2D eigenvalue weighted by molar-refractivity contribution is -0.384. The summed E-state index contributed by atoms with van der Waals surface area (Å²) in [6.07, 6.45) is 2.87. The van der Waals surface area contributed by atoms with Crippen molar-refractivity contribution in [2.75, 3.05) is 0 Å². The smallest absolute Gasteiger partial charge is 0.336 e. The number of hydrogen-bond acceptors (Lipinski definition) is 4. The molecule has 0 spiro atoms. The van der Waals surface area contributed by atoms with E-state index >= 15 is 0 Å². The van der Waals surface area contributed by atoms with Gasteiger partial charge in [-0.2, -0.15) is 0 Å². The second-order valence-electron chi connectivity index (χ2n) is 5.26. The highest BCUT2D eigenvalue weighted by Gasteiger charge is 2.09. The molecule has 0 amide bonds. The van der Waals surface area contributed by atoms with Gasteiger partial charge in [-0.15, -0.1) is 0 Å². The SMILES string of the molecule is Cc1ccc(C)c(OC(=O)/C=C/c2ccc([N+](=O)[O-])cc2)c1C. The van der Waals surface area contributed by atoms with Crippen LogP contribution in [-0.4, -0.2) is 10.9 Å². The third kappa shape index (κ3) is 4.03. The molecule has 0 unspecified atom stereocenters. The number of rotatable bonds is 4. The monoisotopic (exact) mass is 311 g/mol. The highest BCUT2D eigenvalue weighted by molar-refractivity contribution is 5.89. The fourth-order valence-corrected chi connectivity index (χ4v) is 2.09. The van der Waals surface area contributed by atoms with Gasteiger partial charge in [-0.3, -0.25) is 10.1 Å². The van der Waals surface area contributed by atoms with Gasteiger partial charge in [0.1, 0.15) is 5.75 Å². The molecule has 0 atom stereocenters. The maximum absolute atomic E-state index is 12.0. The summed E-state index contributed by atoms with van der Waals surface area (Å²) in [7, 11) is 0. The number of ether oxygens (including phenoxy) is 1. The minimum Gasteiger partial charge on any atom is -0.423 e. The lowest BCUT2D eigenvalue weighted by Crippen LogP contribution is -2.07. The average Bonchev–Trinajstić information content (AvgIpc) is 2.53. The molecule has 0 aliphatic heterocycles. The highest BCUT2D eigenvalue weighted by Crippen LogP contribution is 2.26. The van der Waals surface area contributed by atoms with Gasteiger partial charge in [0, 0.05) is 18.2 Å². The molecule has 0 bridgehead atoms. The molecule has 2 aromatic carbocycles. The number of non-ortho nitro benzene ring substituents is 1. The van der Waals surface area contributed by atoms with Gasteiger partial charge in [0.05, 0.1) is 4.92 Å². The Labute approximate surface area is 134 Å². The molecule has 2 aromatic rings. The van der Waals surface area contributed by atoms with Crippen LogP contribution in [0.25, 0.3) is 6.08 Å². The molecule has 0 radical (unpaired) electrons. The summed E-state index contributed by atoms with van der Waals surface area (Å²) in [4.78, 5) is 22.1. The predicted molar refractivity (Wildman–Crippen MR) is 88.4 cm³/mol. The summed E-state index contributed by atoms with van der Waals surface area (Å²) < 4.78 is 5.41. The summed E-state index contributed by atoms with van der Waals surface area (Å²) in [5.74, 6) is 0.0866. The van der Waals surface area contributed by atoms with Gasteiger partial charge in [0.15, 0.2) is 0 Å². The van der Waals surface area contributed by atoms with Crippen molar-refractivity contribution in [3.05, 3.63) is 74.8 Å². The molecule has 5 heteroatoms. The Hall–Kier alpha value is -2.95. The van der Waals surface area contributed by atoms with Crippen LogP contribution in [0.4, 0.5) is 5.69 Å². The zero-order chi connectivity index (χ0) is 17.0. The molecule has 118 valence electrons. The van der Waals surface area contributed by atoms with Crippen molar-refractivity contribution in [2.45, 2.75) is 20.8 Å². The highest BCUT2D eigenvalue weighted by atomic mass is 16.6. The molecule has 0 N–H and O–H groups in total. The van der Waals surface area contributed by atoms with Crippen LogP contribution in [0.3, 0.4) is 0 Å². The van der Waals surface area contributed by atoms with E-state index in [1.807, 2.05) is 32.9 Å². The minimum atomic E-state index is -0.486. The van der Waals surface area contributed by atoms with Crippen LogP contribution < -0.4 is 4.74 Å². The Morgan fingerprint density at radius 3 is 2.26 bits per heavy atom. The van der Waals surface area contributed by atoms with E-state index in [2.05, 4.69) is 0 Å². The van der Waals surface area contributed by atoms with E-state index in [4.69, 9.17) is 4.74 Å². The quantitative estimate of drug-likeness (QED) is 0.280. The molecule has 5 nitrogen and oxygen atoms in total. The van der Waals surface area contributed by atoms with Gasteiger partial charge in [-0.05, 0) is 61.2 Å². The third-order valence-electron chi connectivity index (χ3n) is 3.59. The van der Waals surface area contributed by atoms with Crippen LogP contribution in [-0.2, 0) is 4.79 Å². The number of nitrogens with zero attached hydrogens (tertiary/aromatic N) is 1. The van der Waals surface area contributed by atoms with Gasteiger partial charge < -0.3 is 4.74 Å². The van der Waals surface area contributed by atoms with Gasteiger partial charge in [0.2, 0.25) is 0 Å². The van der Waals surface area contributed by atoms with Crippen molar-refractivity contribution in [2.24, 2.45) is 0 Å². The Morgan fingerprint density at radius 2 is 1.65 bits per heavy atom. The first kappa shape index (κ1) is 16.4. The number of esters is 1. The van der Waals surface area contributed by atoms with E-state index in [1.165, 1.54) is 18.2 Å². The van der Waals surface area contributed by atoms with Crippen LogP contribution in [0.15, 0.2) is 42.5 Å². The first-order valence-electron chi connectivity index (χ1n) is 7.09. The number of benzene rings is 2. The Kier molecular flexibility index (Phi) is 4.91. The van der Waals surface area contributed by atoms with Gasteiger partial charge in [-0.1, -0.05) is 12.1 Å². The van der Waals surface area contributed by atoms with E-state index < -0.39 is 10.9 Å². The van der Waals surface area contributed by atoms with Crippen molar-refractivity contribution >= 4 is 17.7 Å². The molecule has 0 aliphatic rings. The second-order valence-corrected chi connectivity index (χ2v) is 5.26. The van der Waals surface area contributed by atoms with E-state index in [0.717, 1.165) is 16.7 Å². The molecule has 0 heterocycles. The van der Waals surface area contributed by atoms with E-state index in [-0.39, 0.29) is 5.69 Å². The molecule has 0 aromatic heterocycles. The fourth-order valence-electron chi connectivity index (χ4n) is 2.09. The average molecular weight is 311 g/mol. The van der Waals surface area contributed by atoms with Crippen LogP contribution in [0.5, 0.6) is 5.75 Å². The van der Waals surface area contributed by atoms with E-state index in [1.54, 1.807) is 18.2 Å². The fraction of sp³-hybridized carbons (Fsp3) is 0.167. The predicted octanol–water partition coefficient (Wildman–Crippen LogP) is 4.14. The zero-order valence-electron chi connectivity index (χ0n) is 13.2. The summed E-state index contributed by atoms with van der Waals surface area (Å²) in [5, 5.41) is 10.6. The van der Waals surface area contributed by atoms with Crippen molar-refractivity contribution in [1.82, 2.24) is 0 Å². The third-order valence-corrected chi connectivity index (χ3v) is 3.59. The molecule has 0 saturated heterocycles. The van der Waals surface area contributed by atoms with Crippen LogP contribution in [0, 0.1) is 30.9 Å². The minimum absolute atomic E-state index is 0.00994. The first-order valence-corrected chi connectivity index (χ1v) is 7.09. The molecule has 23 heavy (non-hydrogen) atoms. The maximum Gasteiger partial charge on any atom is 0.336 e. The van der Waals surface area contributed by atoms with Gasteiger partial charge >= 0.3 is 5.97 Å². The Bertz CT molecular complexity index is 776. The Morgan fingerprint density at radius 1 is 1.04 bits per heavy atom. The molecule has 0 saturated carbocycles. The molecular weight excluding hydrogens is 294 g/mol. The number of carbonyl (C=O) groups is 1. The Balaban J connectivity index is 2.10. The molecule has 2 rings (SSSR count). The van der Waals surface area contributed by atoms with Crippen LogP contribution >= 0.6 is 0 Å². The second kappa shape index (κ2) is 6.87. The van der Waals surface area contributed by atoms with Gasteiger partial charge in [0.25, 0.3) is 5.69 Å². The van der Waals surface area contributed by atoms with Crippen LogP contribution in [0.2, 0.25) is 0 Å². The molecule has 0 aliphatic carbocycles. The molecular formula is C18H17NO4. The van der Waals surface area contributed by atoms with Crippen molar-refractivity contribution in [1.29, 1.82) is 0 Å². The number of hydrogen-bond donors (Lipinski definition) is 0. The standard InChI is InChI=1S/C18H17NO4/c1-12-4-5-13(2)18(14(12)3)23-17(20)11-8-15-6-9-16(10-7-15)19(21)22/h4-11H,1-3H3/b11-8+. The summed E-state index contributed by atoms with van der Waals surface area (Å²) in [6.45, 7) is 5.75. The van der Waals surface area contributed by atoms with Crippen molar-refractivity contribution in [3.63, 3.8) is 0 Å². The number of nitro groups is 1. The summed E-state index contributed by atoms with van der Waals surface area (Å²) in [5.41, 5.74) is 3.57. The van der Waals surface area contributed by atoms with Crippen molar-refractivity contribution < 1.29 is 14.5 Å². The lowest BCUT2D eigenvalue weighted by Gasteiger charge is -2.11. The lowest BCUT2D eigenvalue weighted by atomic mass is 10.1. The summed E-state index contributed by atoms with van der Waals surface area (Å²) in [6, 6.07) is 9.82. The van der Waals surface area contributed by atoms with E-state index in [0.29, 0.717) is 11.3 Å². The van der Waals surface area contributed by atoms with E-state index in [9.17, 15) is 14.9 Å². The normalized spacial score (nSPS) is 10.7. The number of aryl methyl sites for hydroxylation is 2. The zero-order valence-corrected chi connectivity index (χ0v) is 13.2. The summed E-state index contributed by atoms with van der Waals surface area (Å²) >= 11 is 0. The maximum atomic E-state index is 12.0. The topological polar surface area (TPSA) is 69.4 Å². The number of carbonyl (C=O) groups excluding carboxylic acids is 1. The van der Waals surface area contributed by atoms with Gasteiger partial charge in [-0.25, -0.2) is 4.79 Å². The first-order chi connectivity index (χ1) is 10.9. The number of nitro benzene ring substituents is 1. The van der Waals surface area contributed by atoms with Crippen LogP contribution in [0.1, 0.15) is 22.3 Å².